The van der Waals surface area contributed by atoms with Crippen LogP contribution in [0.4, 0.5) is 5.69 Å². The Labute approximate surface area is 158 Å². The first kappa shape index (κ1) is 20.2. The molecule has 0 aliphatic heterocycles. The first-order valence-corrected chi connectivity index (χ1v) is 9.93. The molecule has 6 nitrogen and oxygen atoms in total. The second kappa shape index (κ2) is 8.07. The van der Waals surface area contributed by atoms with E-state index in [0.29, 0.717) is 13.1 Å². The Balaban J connectivity index is 2.41. The van der Waals surface area contributed by atoms with Crippen molar-refractivity contribution in [1.29, 1.82) is 0 Å². The third kappa shape index (κ3) is 4.17. The molecular weight excluding hydrogens is 376 g/mol. The van der Waals surface area contributed by atoms with Crippen LogP contribution in [0.25, 0.3) is 0 Å². The molecule has 2 aromatic carbocycles. The van der Waals surface area contributed by atoms with Crippen LogP contribution >= 0.6 is 11.6 Å². The fourth-order valence-electron chi connectivity index (χ4n) is 2.49. The summed E-state index contributed by atoms with van der Waals surface area (Å²) in [5.74, 6) is -0.695. The van der Waals surface area contributed by atoms with E-state index in [4.69, 9.17) is 11.6 Å². The van der Waals surface area contributed by atoms with E-state index in [0.717, 1.165) is 5.56 Å². The summed E-state index contributed by atoms with van der Waals surface area (Å²) in [6.07, 6.45) is 0. The number of hydrogen-bond donors (Lipinski definition) is 2. The van der Waals surface area contributed by atoms with E-state index in [1.807, 2.05) is 6.92 Å². The van der Waals surface area contributed by atoms with Crippen molar-refractivity contribution < 1.29 is 18.3 Å². The van der Waals surface area contributed by atoms with Crippen LogP contribution in [-0.4, -0.2) is 36.8 Å². The summed E-state index contributed by atoms with van der Waals surface area (Å²) in [5.41, 5.74) is 1.09. The van der Waals surface area contributed by atoms with Gasteiger partial charge >= 0.3 is 0 Å². The summed E-state index contributed by atoms with van der Waals surface area (Å²) in [4.78, 5) is 12.6. The minimum absolute atomic E-state index is 0.00999. The van der Waals surface area contributed by atoms with Gasteiger partial charge in [0.25, 0.3) is 5.91 Å². The number of nitrogens with one attached hydrogen (secondary N) is 1. The van der Waals surface area contributed by atoms with Crippen molar-refractivity contribution in [2.75, 3.05) is 18.4 Å². The zero-order valence-electron chi connectivity index (χ0n) is 14.8. The second-order valence-corrected chi connectivity index (χ2v) is 8.05. The summed E-state index contributed by atoms with van der Waals surface area (Å²) >= 11 is 6.09. The lowest BCUT2D eigenvalue weighted by atomic mass is 10.1. The number of benzene rings is 2. The number of carbonyl (C=O) groups is 1. The van der Waals surface area contributed by atoms with Crippen molar-refractivity contribution in [2.45, 2.75) is 25.7 Å². The van der Waals surface area contributed by atoms with E-state index in [1.54, 1.807) is 26.0 Å². The van der Waals surface area contributed by atoms with Gasteiger partial charge in [0, 0.05) is 13.1 Å². The number of hydrogen-bond acceptors (Lipinski definition) is 4. The maximum atomic E-state index is 12.6. The van der Waals surface area contributed by atoms with Gasteiger partial charge in [0.1, 0.15) is 5.75 Å². The number of sulfonamides is 1. The van der Waals surface area contributed by atoms with Gasteiger partial charge in [0.05, 0.1) is 21.2 Å². The molecule has 0 bridgehead atoms. The van der Waals surface area contributed by atoms with Gasteiger partial charge in [0.15, 0.2) is 0 Å². The predicted octanol–water partition coefficient (Wildman–Crippen LogP) is 3.64. The summed E-state index contributed by atoms with van der Waals surface area (Å²) in [6, 6.07) is 8.78. The molecule has 140 valence electrons. The third-order valence-electron chi connectivity index (χ3n) is 3.93. The fraction of sp³-hybridized carbons (Fsp3) is 0.278. The molecule has 0 saturated heterocycles. The number of halogens is 1. The number of amides is 1. The average Bonchev–Trinajstić information content (AvgIpc) is 2.59. The predicted molar refractivity (Wildman–Crippen MR) is 102 cm³/mol. The Morgan fingerprint density at radius 3 is 2.42 bits per heavy atom. The molecule has 0 aliphatic carbocycles. The van der Waals surface area contributed by atoms with E-state index in [2.05, 4.69) is 5.32 Å². The third-order valence-corrected chi connectivity index (χ3v) is 6.30. The van der Waals surface area contributed by atoms with Crippen molar-refractivity contribution >= 4 is 33.2 Å². The highest BCUT2D eigenvalue weighted by Crippen LogP contribution is 2.27. The van der Waals surface area contributed by atoms with Gasteiger partial charge in [-0.1, -0.05) is 31.5 Å². The molecule has 0 unspecified atom stereocenters. The Bertz CT molecular complexity index is 925. The summed E-state index contributed by atoms with van der Waals surface area (Å²) in [7, 11) is -3.72. The molecule has 0 heterocycles. The Morgan fingerprint density at radius 2 is 1.81 bits per heavy atom. The molecule has 2 N–H and O–H groups in total. The first-order valence-electron chi connectivity index (χ1n) is 8.11. The van der Waals surface area contributed by atoms with Crippen LogP contribution in [0, 0.1) is 6.92 Å². The fourth-order valence-corrected chi connectivity index (χ4v) is 4.18. The van der Waals surface area contributed by atoms with Crippen LogP contribution in [0.15, 0.2) is 41.3 Å². The Morgan fingerprint density at radius 1 is 1.15 bits per heavy atom. The van der Waals surface area contributed by atoms with Gasteiger partial charge in [-0.25, -0.2) is 8.42 Å². The lowest BCUT2D eigenvalue weighted by Gasteiger charge is -2.19. The molecule has 0 fully saturated rings. The number of phenolic OH excluding ortho intramolecular Hbond substituents is 1. The molecule has 2 rings (SSSR count). The summed E-state index contributed by atoms with van der Waals surface area (Å²) in [5, 5.41) is 12.6. The molecule has 0 aromatic heterocycles. The lowest BCUT2D eigenvalue weighted by Crippen LogP contribution is -2.30. The standard InChI is InChI=1S/C18H21ClN2O4S/c1-4-21(5-2)26(24,25)13-7-8-15(19)14(11-13)18(23)20-16-10-12(3)6-9-17(16)22/h6-11,22H,4-5H2,1-3H3,(H,20,23). The molecule has 8 heteroatoms. The number of rotatable bonds is 6. The highest BCUT2D eigenvalue weighted by molar-refractivity contribution is 7.89. The molecule has 0 spiro atoms. The maximum absolute atomic E-state index is 12.6. The zero-order chi connectivity index (χ0) is 19.5. The first-order chi connectivity index (χ1) is 12.2. The van der Waals surface area contributed by atoms with Crippen molar-refractivity contribution in [2.24, 2.45) is 0 Å². The van der Waals surface area contributed by atoms with E-state index in [-0.39, 0.29) is 26.9 Å². The minimum atomic E-state index is -3.72. The maximum Gasteiger partial charge on any atom is 0.257 e. The number of aryl methyl sites for hydroxylation is 1. The molecule has 2 aromatic rings. The van der Waals surface area contributed by atoms with E-state index in [9.17, 15) is 18.3 Å². The monoisotopic (exact) mass is 396 g/mol. The van der Waals surface area contributed by atoms with Crippen molar-refractivity contribution in [3.8, 4) is 5.75 Å². The SMILES string of the molecule is CCN(CC)S(=O)(=O)c1ccc(Cl)c(C(=O)Nc2cc(C)ccc2O)c1. The van der Waals surface area contributed by atoms with Gasteiger partial charge in [-0.15, -0.1) is 0 Å². The quantitative estimate of drug-likeness (QED) is 0.730. The van der Waals surface area contributed by atoms with E-state index < -0.39 is 15.9 Å². The van der Waals surface area contributed by atoms with Crippen LogP contribution < -0.4 is 5.32 Å². The summed E-state index contributed by atoms with van der Waals surface area (Å²) < 4.78 is 26.6. The van der Waals surface area contributed by atoms with Crippen LogP contribution in [0.1, 0.15) is 29.8 Å². The minimum Gasteiger partial charge on any atom is -0.506 e. The number of anilines is 1. The van der Waals surface area contributed by atoms with Crippen LogP contribution in [-0.2, 0) is 10.0 Å². The molecule has 0 saturated carbocycles. The Kier molecular flexibility index (Phi) is 6.28. The normalized spacial score (nSPS) is 11.6. The second-order valence-electron chi connectivity index (χ2n) is 5.71. The van der Waals surface area contributed by atoms with Crippen LogP contribution in [0.5, 0.6) is 5.75 Å². The zero-order valence-corrected chi connectivity index (χ0v) is 16.4. The number of aromatic hydroxyl groups is 1. The number of carbonyl (C=O) groups excluding carboxylic acids is 1. The Hall–Kier alpha value is -2.09. The highest BCUT2D eigenvalue weighted by Gasteiger charge is 2.24. The van der Waals surface area contributed by atoms with Gasteiger partial charge in [-0.2, -0.15) is 4.31 Å². The van der Waals surface area contributed by atoms with Gasteiger partial charge in [-0.3, -0.25) is 4.79 Å². The molecule has 0 radical (unpaired) electrons. The molecule has 1 amide bonds. The van der Waals surface area contributed by atoms with Crippen LogP contribution in [0.3, 0.4) is 0 Å². The largest absolute Gasteiger partial charge is 0.506 e. The van der Waals surface area contributed by atoms with Crippen molar-refractivity contribution in [1.82, 2.24) is 4.31 Å². The molecular formula is C18H21ClN2O4S. The number of nitrogens with zero attached hydrogens (tertiary/aromatic N) is 1. The van der Waals surface area contributed by atoms with Crippen molar-refractivity contribution in [3.63, 3.8) is 0 Å². The van der Waals surface area contributed by atoms with E-state index in [1.165, 1.54) is 28.6 Å². The molecule has 26 heavy (non-hydrogen) atoms. The van der Waals surface area contributed by atoms with Crippen LogP contribution in [0.2, 0.25) is 5.02 Å². The topological polar surface area (TPSA) is 86.7 Å². The molecule has 0 atom stereocenters. The van der Waals surface area contributed by atoms with Gasteiger partial charge in [0.2, 0.25) is 10.0 Å². The number of phenols is 1. The smallest absolute Gasteiger partial charge is 0.257 e. The highest BCUT2D eigenvalue weighted by atomic mass is 35.5. The summed E-state index contributed by atoms with van der Waals surface area (Å²) in [6.45, 7) is 5.94. The van der Waals surface area contributed by atoms with Gasteiger partial charge < -0.3 is 10.4 Å². The molecule has 0 aliphatic rings. The van der Waals surface area contributed by atoms with Crippen molar-refractivity contribution in [3.05, 3.63) is 52.5 Å². The van der Waals surface area contributed by atoms with E-state index >= 15 is 0 Å². The van der Waals surface area contributed by atoms with Gasteiger partial charge in [-0.05, 0) is 42.8 Å². The lowest BCUT2D eigenvalue weighted by molar-refractivity contribution is 0.102. The average molecular weight is 397 g/mol.